The molecule has 1 aliphatic heterocycles. The fraction of sp³-hybridized carbons (Fsp3) is 0.350. The van der Waals surface area contributed by atoms with Crippen molar-refractivity contribution in [1.29, 1.82) is 0 Å². The van der Waals surface area contributed by atoms with Gasteiger partial charge in [-0.3, -0.25) is 4.79 Å². The molecule has 4 nitrogen and oxygen atoms in total. The summed E-state index contributed by atoms with van der Waals surface area (Å²) < 4.78 is 18.6. The highest BCUT2D eigenvalue weighted by Gasteiger charge is 2.15. The molecular formula is C20H23FN2O2. The van der Waals surface area contributed by atoms with Crippen LogP contribution in [0.25, 0.3) is 0 Å². The van der Waals surface area contributed by atoms with E-state index >= 15 is 0 Å². The minimum atomic E-state index is -0.262. The van der Waals surface area contributed by atoms with E-state index in [0.717, 1.165) is 37.2 Å². The van der Waals surface area contributed by atoms with E-state index in [4.69, 9.17) is 4.74 Å². The second kappa shape index (κ2) is 8.62. The molecule has 1 heterocycles. The van der Waals surface area contributed by atoms with E-state index in [9.17, 15) is 9.18 Å². The standard InChI is InChI=1S/C20H23FN2O2/c21-17-7-4-16(5-8-17)14-25-19-3-1-2-18(12-19)23-20(24)9-6-15-10-11-22-13-15/h1-5,7-8,12,15,22H,6,9-11,13-14H2,(H,23,24). The zero-order valence-electron chi connectivity index (χ0n) is 14.1. The number of hydrogen-bond donors (Lipinski definition) is 2. The van der Waals surface area contributed by atoms with Gasteiger partial charge in [-0.2, -0.15) is 0 Å². The average molecular weight is 342 g/mol. The zero-order chi connectivity index (χ0) is 17.5. The number of ether oxygens (including phenoxy) is 1. The molecule has 2 aromatic carbocycles. The molecule has 2 N–H and O–H groups in total. The SMILES string of the molecule is O=C(CCC1CCNC1)Nc1cccc(OCc2ccc(F)cc2)c1. The normalized spacial score (nSPS) is 16.6. The molecule has 0 radical (unpaired) electrons. The second-order valence-corrected chi connectivity index (χ2v) is 6.39. The number of carbonyl (C=O) groups excluding carboxylic acids is 1. The third-order valence-corrected chi connectivity index (χ3v) is 4.38. The molecule has 0 aromatic heterocycles. The summed E-state index contributed by atoms with van der Waals surface area (Å²) in [4.78, 5) is 12.1. The maximum absolute atomic E-state index is 12.9. The molecule has 1 aliphatic rings. The van der Waals surface area contributed by atoms with Gasteiger partial charge in [0.1, 0.15) is 18.2 Å². The van der Waals surface area contributed by atoms with E-state index in [1.54, 1.807) is 18.2 Å². The van der Waals surface area contributed by atoms with Crippen molar-refractivity contribution in [3.05, 3.63) is 59.9 Å². The van der Waals surface area contributed by atoms with Gasteiger partial charge in [0.2, 0.25) is 5.91 Å². The first-order valence-corrected chi connectivity index (χ1v) is 8.67. The Kier molecular flexibility index (Phi) is 6.01. The maximum Gasteiger partial charge on any atom is 0.224 e. The summed E-state index contributed by atoms with van der Waals surface area (Å²) >= 11 is 0. The summed E-state index contributed by atoms with van der Waals surface area (Å²) in [7, 11) is 0. The average Bonchev–Trinajstić information content (AvgIpc) is 3.13. The largest absolute Gasteiger partial charge is 0.489 e. The van der Waals surface area contributed by atoms with Crippen LogP contribution < -0.4 is 15.4 Å². The van der Waals surface area contributed by atoms with Crippen molar-refractivity contribution in [1.82, 2.24) is 5.32 Å². The highest BCUT2D eigenvalue weighted by atomic mass is 19.1. The van der Waals surface area contributed by atoms with Crippen LogP contribution in [0, 0.1) is 11.7 Å². The van der Waals surface area contributed by atoms with Gasteiger partial charge >= 0.3 is 0 Å². The van der Waals surface area contributed by atoms with Crippen LogP contribution in [0.5, 0.6) is 5.75 Å². The van der Waals surface area contributed by atoms with Crippen LogP contribution in [0.4, 0.5) is 10.1 Å². The van der Waals surface area contributed by atoms with Crippen LogP contribution in [-0.2, 0) is 11.4 Å². The molecule has 0 aliphatic carbocycles. The Labute approximate surface area is 147 Å². The van der Waals surface area contributed by atoms with Crippen molar-refractivity contribution in [3.8, 4) is 5.75 Å². The molecule has 2 aromatic rings. The van der Waals surface area contributed by atoms with Crippen LogP contribution in [0.2, 0.25) is 0 Å². The summed E-state index contributed by atoms with van der Waals surface area (Å²) in [6.07, 6.45) is 2.60. The Hall–Kier alpha value is -2.40. The Morgan fingerprint density at radius 3 is 2.84 bits per heavy atom. The van der Waals surface area contributed by atoms with Gasteiger partial charge in [0.25, 0.3) is 0 Å². The molecule has 3 rings (SSSR count). The van der Waals surface area contributed by atoms with E-state index in [2.05, 4.69) is 10.6 Å². The molecule has 1 unspecified atom stereocenters. The lowest BCUT2D eigenvalue weighted by Crippen LogP contribution is -2.15. The summed E-state index contributed by atoms with van der Waals surface area (Å²) in [6, 6.07) is 13.5. The highest BCUT2D eigenvalue weighted by molar-refractivity contribution is 5.90. The number of carbonyl (C=O) groups is 1. The molecule has 1 amide bonds. The van der Waals surface area contributed by atoms with Crippen molar-refractivity contribution >= 4 is 11.6 Å². The Morgan fingerprint density at radius 1 is 1.24 bits per heavy atom. The first-order valence-electron chi connectivity index (χ1n) is 8.67. The van der Waals surface area contributed by atoms with Crippen LogP contribution in [0.15, 0.2) is 48.5 Å². The van der Waals surface area contributed by atoms with Gasteiger partial charge in [0, 0.05) is 18.2 Å². The van der Waals surface area contributed by atoms with Gasteiger partial charge < -0.3 is 15.4 Å². The molecule has 1 fully saturated rings. The Bertz CT molecular complexity index is 697. The molecule has 132 valence electrons. The number of nitrogens with one attached hydrogen (secondary N) is 2. The molecule has 0 spiro atoms. The predicted octanol–water partition coefficient (Wildman–Crippen LogP) is 3.73. The van der Waals surface area contributed by atoms with Gasteiger partial charge in [0.05, 0.1) is 0 Å². The van der Waals surface area contributed by atoms with Crippen molar-refractivity contribution in [3.63, 3.8) is 0 Å². The highest BCUT2D eigenvalue weighted by Crippen LogP contribution is 2.20. The molecule has 0 bridgehead atoms. The smallest absolute Gasteiger partial charge is 0.224 e. The van der Waals surface area contributed by atoms with Crippen LogP contribution in [0.1, 0.15) is 24.8 Å². The summed E-state index contributed by atoms with van der Waals surface area (Å²) in [6.45, 7) is 2.42. The number of rotatable bonds is 7. The van der Waals surface area contributed by atoms with Crippen LogP contribution in [0.3, 0.4) is 0 Å². The quantitative estimate of drug-likeness (QED) is 0.806. The first kappa shape index (κ1) is 17.4. The molecular weight excluding hydrogens is 319 g/mol. The number of halogens is 1. The van der Waals surface area contributed by atoms with E-state index in [0.29, 0.717) is 24.7 Å². The number of amides is 1. The number of benzene rings is 2. The zero-order valence-corrected chi connectivity index (χ0v) is 14.1. The van der Waals surface area contributed by atoms with E-state index in [1.165, 1.54) is 12.1 Å². The number of hydrogen-bond acceptors (Lipinski definition) is 3. The van der Waals surface area contributed by atoms with Crippen molar-refractivity contribution in [2.45, 2.75) is 25.9 Å². The molecule has 0 saturated carbocycles. The Balaban J connectivity index is 1.48. The fourth-order valence-corrected chi connectivity index (χ4v) is 2.93. The van der Waals surface area contributed by atoms with Gasteiger partial charge in [-0.1, -0.05) is 18.2 Å². The van der Waals surface area contributed by atoms with Crippen molar-refractivity contribution < 1.29 is 13.9 Å². The van der Waals surface area contributed by atoms with Crippen LogP contribution in [-0.4, -0.2) is 19.0 Å². The summed E-state index contributed by atoms with van der Waals surface area (Å²) in [5.74, 6) is 1.04. The topological polar surface area (TPSA) is 50.4 Å². The fourth-order valence-electron chi connectivity index (χ4n) is 2.93. The van der Waals surface area contributed by atoms with E-state index < -0.39 is 0 Å². The Morgan fingerprint density at radius 2 is 2.08 bits per heavy atom. The van der Waals surface area contributed by atoms with Gasteiger partial charge in [-0.25, -0.2) is 4.39 Å². The second-order valence-electron chi connectivity index (χ2n) is 6.39. The number of anilines is 1. The monoisotopic (exact) mass is 342 g/mol. The lowest BCUT2D eigenvalue weighted by atomic mass is 10.0. The predicted molar refractivity (Wildman–Crippen MR) is 96.0 cm³/mol. The first-order chi connectivity index (χ1) is 12.2. The summed E-state index contributed by atoms with van der Waals surface area (Å²) in [5.41, 5.74) is 1.62. The van der Waals surface area contributed by atoms with Gasteiger partial charge in [0.15, 0.2) is 0 Å². The third-order valence-electron chi connectivity index (χ3n) is 4.38. The van der Waals surface area contributed by atoms with E-state index in [-0.39, 0.29) is 11.7 Å². The summed E-state index contributed by atoms with van der Waals surface area (Å²) in [5, 5.41) is 6.24. The lowest BCUT2D eigenvalue weighted by molar-refractivity contribution is -0.116. The van der Waals surface area contributed by atoms with E-state index in [1.807, 2.05) is 18.2 Å². The van der Waals surface area contributed by atoms with Gasteiger partial charge in [-0.05, 0) is 61.7 Å². The van der Waals surface area contributed by atoms with Gasteiger partial charge in [-0.15, -0.1) is 0 Å². The van der Waals surface area contributed by atoms with Crippen LogP contribution >= 0.6 is 0 Å². The maximum atomic E-state index is 12.9. The van der Waals surface area contributed by atoms with Crippen molar-refractivity contribution in [2.75, 3.05) is 18.4 Å². The molecule has 25 heavy (non-hydrogen) atoms. The minimum absolute atomic E-state index is 0.0302. The third kappa shape index (κ3) is 5.57. The minimum Gasteiger partial charge on any atom is -0.489 e. The van der Waals surface area contributed by atoms with Crippen molar-refractivity contribution in [2.24, 2.45) is 5.92 Å². The lowest BCUT2D eigenvalue weighted by Gasteiger charge is -2.11. The molecule has 1 atom stereocenters. The molecule has 5 heteroatoms. The molecule has 1 saturated heterocycles.